The number of nitrogens with zero attached hydrogens (tertiary/aromatic N) is 2. The van der Waals surface area contributed by atoms with Gasteiger partial charge in [-0.25, -0.2) is 8.42 Å². The molecule has 0 aliphatic heterocycles. The molecule has 0 bridgehead atoms. The third-order valence-electron chi connectivity index (χ3n) is 3.07. The van der Waals surface area contributed by atoms with Crippen LogP contribution in [0.15, 0.2) is 4.52 Å². The van der Waals surface area contributed by atoms with Gasteiger partial charge < -0.3 is 15.2 Å². The Hall–Kier alpha value is -1.41. The predicted octanol–water partition coefficient (Wildman–Crippen LogP) is 0.0118. The summed E-state index contributed by atoms with van der Waals surface area (Å²) in [5.41, 5.74) is 7.31. The molecule has 114 valence electrons. The van der Waals surface area contributed by atoms with Crippen LogP contribution in [0, 0.1) is 13.8 Å². The second-order valence-corrected chi connectivity index (χ2v) is 7.28. The Balaban J connectivity index is 2.63. The topological polar surface area (TPSA) is 106 Å². The monoisotopic (exact) mass is 303 g/mol. The van der Waals surface area contributed by atoms with Crippen LogP contribution in [-0.4, -0.2) is 49.5 Å². The summed E-state index contributed by atoms with van der Waals surface area (Å²) >= 11 is 0. The molecule has 1 heterocycles. The van der Waals surface area contributed by atoms with Gasteiger partial charge in [-0.1, -0.05) is 5.16 Å². The number of carbonyl (C=O) groups excluding carboxylic acids is 1. The molecule has 0 aromatic carbocycles. The minimum Gasteiger partial charge on any atom is -0.361 e. The van der Waals surface area contributed by atoms with Crippen molar-refractivity contribution in [1.82, 2.24) is 10.1 Å². The molecule has 20 heavy (non-hydrogen) atoms. The summed E-state index contributed by atoms with van der Waals surface area (Å²) in [6.45, 7) is 3.91. The van der Waals surface area contributed by atoms with Crippen molar-refractivity contribution in [3.8, 4) is 0 Å². The van der Waals surface area contributed by atoms with Crippen LogP contribution in [0.1, 0.15) is 23.4 Å². The van der Waals surface area contributed by atoms with Gasteiger partial charge in [0.1, 0.15) is 15.6 Å². The Morgan fingerprint density at radius 2 is 2.05 bits per heavy atom. The zero-order valence-corrected chi connectivity index (χ0v) is 13.0. The average Bonchev–Trinajstić information content (AvgIpc) is 2.65. The zero-order valence-electron chi connectivity index (χ0n) is 12.2. The third kappa shape index (κ3) is 4.61. The molecule has 0 spiro atoms. The van der Waals surface area contributed by atoms with E-state index >= 15 is 0 Å². The zero-order chi connectivity index (χ0) is 15.5. The van der Waals surface area contributed by atoms with Crippen LogP contribution < -0.4 is 5.73 Å². The van der Waals surface area contributed by atoms with Gasteiger partial charge in [-0.2, -0.15) is 0 Å². The fourth-order valence-corrected chi connectivity index (χ4v) is 2.47. The molecule has 1 unspecified atom stereocenters. The minimum atomic E-state index is -3.12. The second kappa shape index (κ2) is 6.36. The van der Waals surface area contributed by atoms with E-state index in [1.807, 2.05) is 0 Å². The van der Waals surface area contributed by atoms with Crippen molar-refractivity contribution in [2.24, 2.45) is 5.73 Å². The molecule has 0 aliphatic rings. The highest BCUT2D eigenvalue weighted by molar-refractivity contribution is 7.90. The molecule has 0 fully saturated rings. The predicted molar refractivity (Wildman–Crippen MR) is 74.8 cm³/mol. The van der Waals surface area contributed by atoms with Gasteiger partial charge in [0.25, 0.3) is 0 Å². The van der Waals surface area contributed by atoms with Crippen molar-refractivity contribution in [2.45, 2.75) is 32.9 Å². The molecule has 1 aromatic rings. The molecule has 1 atom stereocenters. The molecule has 1 aromatic heterocycles. The molecule has 8 heteroatoms. The van der Waals surface area contributed by atoms with E-state index in [1.54, 1.807) is 20.9 Å². The summed E-state index contributed by atoms with van der Waals surface area (Å²) in [7, 11) is -1.50. The summed E-state index contributed by atoms with van der Waals surface area (Å²) < 4.78 is 27.2. The van der Waals surface area contributed by atoms with E-state index in [4.69, 9.17) is 10.3 Å². The number of rotatable bonds is 6. The van der Waals surface area contributed by atoms with Gasteiger partial charge in [-0.05, 0) is 20.3 Å². The van der Waals surface area contributed by atoms with Crippen LogP contribution >= 0.6 is 0 Å². The number of aryl methyl sites for hydroxylation is 2. The molecular weight excluding hydrogens is 282 g/mol. The molecule has 0 saturated carbocycles. The van der Waals surface area contributed by atoms with Crippen LogP contribution in [0.25, 0.3) is 0 Å². The molecule has 0 radical (unpaired) electrons. The average molecular weight is 303 g/mol. The normalized spacial score (nSPS) is 13.2. The fourth-order valence-electron chi connectivity index (χ4n) is 1.79. The number of nitrogens with two attached hydrogens (primary N) is 1. The van der Waals surface area contributed by atoms with Crippen molar-refractivity contribution < 1.29 is 17.7 Å². The van der Waals surface area contributed by atoms with E-state index in [-0.39, 0.29) is 18.1 Å². The van der Waals surface area contributed by atoms with Crippen molar-refractivity contribution in [2.75, 3.05) is 19.1 Å². The summed E-state index contributed by atoms with van der Waals surface area (Å²) in [6, 6.07) is -0.824. The maximum Gasteiger partial charge on any atom is 0.239 e. The maximum absolute atomic E-state index is 12.1. The quantitative estimate of drug-likeness (QED) is 0.793. The molecular formula is C12H21N3O4S. The van der Waals surface area contributed by atoms with E-state index in [0.29, 0.717) is 12.3 Å². The fraction of sp³-hybridized carbons (Fsp3) is 0.667. The third-order valence-corrected chi connectivity index (χ3v) is 4.05. The first-order valence-electron chi connectivity index (χ1n) is 6.22. The van der Waals surface area contributed by atoms with Crippen LogP contribution in [0.5, 0.6) is 0 Å². The molecule has 0 aliphatic carbocycles. The Morgan fingerprint density at radius 3 is 2.50 bits per heavy atom. The summed E-state index contributed by atoms with van der Waals surface area (Å²) in [6.07, 6.45) is 1.24. The summed E-state index contributed by atoms with van der Waals surface area (Å²) in [5, 5.41) is 3.82. The van der Waals surface area contributed by atoms with E-state index in [0.717, 1.165) is 17.5 Å². The number of hydrogen-bond donors (Lipinski definition) is 1. The lowest BCUT2D eigenvalue weighted by molar-refractivity contribution is -0.131. The van der Waals surface area contributed by atoms with E-state index in [2.05, 4.69) is 5.16 Å². The number of aromatic nitrogens is 1. The van der Waals surface area contributed by atoms with Gasteiger partial charge in [0.15, 0.2) is 0 Å². The summed E-state index contributed by atoms with van der Waals surface area (Å²) in [5.74, 6) is 0.263. The smallest absolute Gasteiger partial charge is 0.239 e. The van der Waals surface area contributed by atoms with Crippen molar-refractivity contribution in [3.05, 3.63) is 17.0 Å². The Bertz CT molecular complexity index is 560. The lowest BCUT2D eigenvalue weighted by Crippen LogP contribution is -2.42. The first-order valence-corrected chi connectivity index (χ1v) is 8.28. The van der Waals surface area contributed by atoms with Crippen molar-refractivity contribution in [3.63, 3.8) is 0 Å². The molecule has 0 saturated heterocycles. The van der Waals surface area contributed by atoms with E-state index in [9.17, 15) is 13.2 Å². The van der Waals surface area contributed by atoms with Crippen LogP contribution in [-0.2, 0) is 21.2 Å². The number of hydrogen-bond acceptors (Lipinski definition) is 6. The summed E-state index contributed by atoms with van der Waals surface area (Å²) in [4.78, 5) is 13.5. The second-order valence-electron chi connectivity index (χ2n) is 5.02. The van der Waals surface area contributed by atoms with E-state index < -0.39 is 15.9 Å². The number of carbonyl (C=O) groups is 1. The van der Waals surface area contributed by atoms with Gasteiger partial charge in [0, 0.05) is 18.9 Å². The van der Waals surface area contributed by atoms with Gasteiger partial charge in [-0.15, -0.1) is 0 Å². The molecule has 1 rings (SSSR count). The number of sulfone groups is 1. The van der Waals surface area contributed by atoms with Crippen LogP contribution in [0.3, 0.4) is 0 Å². The van der Waals surface area contributed by atoms with Crippen molar-refractivity contribution >= 4 is 15.7 Å². The van der Waals surface area contributed by atoms with Crippen LogP contribution in [0.2, 0.25) is 0 Å². The van der Waals surface area contributed by atoms with Gasteiger partial charge in [0.05, 0.1) is 24.0 Å². The first-order chi connectivity index (χ1) is 9.11. The number of likely N-dealkylation sites (N-methyl/N-ethyl adjacent to an activating group) is 1. The standard InChI is InChI=1S/C12H21N3O4S/c1-8-10(9(2)19-14-8)7-15(3)12(16)11(13)5-6-20(4,17)18/h11H,5-7,13H2,1-4H3. The molecule has 1 amide bonds. The van der Waals surface area contributed by atoms with Crippen LogP contribution in [0.4, 0.5) is 0 Å². The molecule has 2 N–H and O–H groups in total. The highest BCUT2D eigenvalue weighted by Gasteiger charge is 2.21. The van der Waals surface area contributed by atoms with Crippen molar-refractivity contribution in [1.29, 1.82) is 0 Å². The minimum absolute atomic E-state index is 0.0981. The van der Waals surface area contributed by atoms with Gasteiger partial charge in [-0.3, -0.25) is 4.79 Å². The number of amides is 1. The van der Waals surface area contributed by atoms with Gasteiger partial charge >= 0.3 is 0 Å². The molecule has 7 nitrogen and oxygen atoms in total. The van der Waals surface area contributed by atoms with E-state index in [1.165, 1.54) is 4.90 Å². The Labute approximate surface area is 119 Å². The van der Waals surface area contributed by atoms with Gasteiger partial charge in [0.2, 0.25) is 5.91 Å². The lowest BCUT2D eigenvalue weighted by atomic mass is 10.1. The Morgan fingerprint density at radius 1 is 1.45 bits per heavy atom. The highest BCUT2D eigenvalue weighted by atomic mass is 32.2. The SMILES string of the molecule is Cc1noc(C)c1CN(C)C(=O)C(N)CCS(C)(=O)=O. The highest BCUT2D eigenvalue weighted by Crippen LogP contribution is 2.14. The maximum atomic E-state index is 12.1. The largest absolute Gasteiger partial charge is 0.361 e. The lowest BCUT2D eigenvalue weighted by Gasteiger charge is -2.21. The Kier molecular flexibility index (Phi) is 5.29. The first kappa shape index (κ1) is 16.6.